The lowest BCUT2D eigenvalue weighted by molar-refractivity contribution is -0.149. The first kappa shape index (κ1) is 27.6. The van der Waals surface area contributed by atoms with Gasteiger partial charge in [0.25, 0.3) is 5.56 Å². The predicted molar refractivity (Wildman–Crippen MR) is 129 cm³/mol. The van der Waals surface area contributed by atoms with Crippen molar-refractivity contribution in [1.29, 1.82) is 0 Å². The molecule has 2 heterocycles. The SMILES string of the molecule is CC=C1C(n2ccc(=O)[nH]c2=O)OC(COP(=O)(N[C@@H](C)C(=O)OC(C)C)Oc2ccccc2)[C@H]1O. The van der Waals surface area contributed by atoms with Gasteiger partial charge in [-0.15, -0.1) is 0 Å². The second-order valence-corrected chi connectivity index (χ2v) is 10.0. The smallest absolute Gasteiger partial charge is 0.459 e. The first-order chi connectivity index (χ1) is 17.0. The third kappa shape index (κ3) is 6.80. The summed E-state index contributed by atoms with van der Waals surface area (Å²) in [6, 6.07) is 8.32. The Kier molecular flexibility index (Phi) is 9.04. The second-order valence-electron chi connectivity index (χ2n) is 8.31. The van der Waals surface area contributed by atoms with Gasteiger partial charge in [0.15, 0.2) is 6.23 Å². The van der Waals surface area contributed by atoms with Crippen molar-refractivity contribution < 1.29 is 33.0 Å². The van der Waals surface area contributed by atoms with E-state index in [1.54, 1.807) is 57.2 Å². The van der Waals surface area contributed by atoms with E-state index >= 15 is 0 Å². The number of carbonyl (C=O) groups is 1. The Morgan fingerprint density at radius 2 is 1.94 bits per heavy atom. The summed E-state index contributed by atoms with van der Waals surface area (Å²) >= 11 is 0. The van der Waals surface area contributed by atoms with Crippen molar-refractivity contribution in [2.24, 2.45) is 0 Å². The number of aromatic amines is 1. The molecule has 0 aliphatic carbocycles. The maximum absolute atomic E-state index is 13.6. The van der Waals surface area contributed by atoms with E-state index in [-0.39, 0.29) is 11.9 Å². The monoisotopic (exact) mass is 523 g/mol. The van der Waals surface area contributed by atoms with Gasteiger partial charge < -0.3 is 19.1 Å². The minimum absolute atomic E-state index is 0.220. The molecule has 5 atom stereocenters. The Balaban J connectivity index is 1.80. The van der Waals surface area contributed by atoms with Gasteiger partial charge in [-0.05, 0) is 39.8 Å². The third-order valence-corrected chi connectivity index (χ3v) is 6.80. The molecule has 2 aromatic rings. The van der Waals surface area contributed by atoms with Crippen molar-refractivity contribution in [3.63, 3.8) is 0 Å². The molecule has 0 radical (unpaired) electrons. The number of benzene rings is 1. The molecule has 36 heavy (non-hydrogen) atoms. The largest absolute Gasteiger partial charge is 0.462 e. The van der Waals surface area contributed by atoms with Gasteiger partial charge in [-0.2, -0.15) is 5.09 Å². The number of aliphatic hydroxyl groups excluding tert-OH is 1. The summed E-state index contributed by atoms with van der Waals surface area (Å²) in [7, 11) is -4.19. The summed E-state index contributed by atoms with van der Waals surface area (Å²) in [5.41, 5.74) is -0.955. The van der Waals surface area contributed by atoms with Gasteiger partial charge >= 0.3 is 19.4 Å². The zero-order valence-corrected chi connectivity index (χ0v) is 21.2. The zero-order valence-electron chi connectivity index (χ0n) is 20.3. The fourth-order valence-corrected chi connectivity index (χ4v) is 4.97. The topological polar surface area (TPSA) is 158 Å². The van der Waals surface area contributed by atoms with Gasteiger partial charge in [-0.3, -0.25) is 23.7 Å². The lowest BCUT2D eigenvalue weighted by Crippen LogP contribution is -2.37. The molecule has 1 aliphatic rings. The molecule has 1 fully saturated rings. The number of carbonyl (C=O) groups excluding carboxylic acids is 1. The van der Waals surface area contributed by atoms with Crippen molar-refractivity contribution >= 4 is 13.7 Å². The Bertz CT molecular complexity index is 1240. The van der Waals surface area contributed by atoms with E-state index in [0.717, 1.165) is 10.6 Å². The molecule has 3 unspecified atom stereocenters. The number of nitrogens with one attached hydrogen (secondary N) is 2. The van der Waals surface area contributed by atoms with Crippen molar-refractivity contribution in [2.45, 2.75) is 58.3 Å². The van der Waals surface area contributed by atoms with Gasteiger partial charge in [0.2, 0.25) is 0 Å². The molecule has 12 nitrogen and oxygen atoms in total. The molecule has 1 aromatic heterocycles. The minimum atomic E-state index is -4.19. The Labute approximate surface area is 207 Å². The van der Waals surface area contributed by atoms with E-state index in [1.807, 2.05) is 0 Å². The molecule has 196 valence electrons. The molecule has 13 heteroatoms. The number of aliphatic hydroxyl groups is 1. The highest BCUT2D eigenvalue weighted by Crippen LogP contribution is 2.46. The van der Waals surface area contributed by atoms with E-state index in [4.69, 9.17) is 18.5 Å². The molecule has 3 N–H and O–H groups in total. The van der Waals surface area contributed by atoms with Crippen LogP contribution in [0.15, 0.2) is 63.8 Å². The molecule has 0 saturated carbocycles. The van der Waals surface area contributed by atoms with Crippen LogP contribution in [0.25, 0.3) is 0 Å². The van der Waals surface area contributed by atoms with Crippen LogP contribution in [0.2, 0.25) is 0 Å². The van der Waals surface area contributed by atoms with Gasteiger partial charge in [-0.1, -0.05) is 24.3 Å². The first-order valence-corrected chi connectivity index (χ1v) is 12.9. The van der Waals surface area contributed by atoms with Crippen LogP contribution >= 0.6 is 7.75 Å². The fraction of sp³-hybridized carbons (Fsp3) is 0.435. The van der Waals surface area contributed by atoms with Crippen molar-refractivity contribution in [2.75, 3.05) is 6.61 Å². The normalized spacial score (nSPS) is 23.4. The molecule has 0 spiro atoms. The van der Waals surface area contributed by atoms with Crippen LogP contribution in [0.4, 0.5) is 0 Å². The van der Waals surface area contributed by atoms with Gasteiger partial charge in [-0.25, -0.2) is 9.36 Å². The van der Waals surface area contributed by atoms with Crippen LogP contribution < -0.4 is 20.9 Å². The number of rotatable bonds is 10. The maximum atomic E-state index is 13.6. The standard InChI is InChI=1S/C23H30N3O9P/c1-5-17-20(28)18(34-21(17)26-12-11-19(27)24-23(26)30)13-32-36(31,35-16-9-7-6-8-10-16)25-15(4)22(29)33-14(2)3/h5-12,14-15,18,20-21,28H,13H2,1-4H3,(H,25,31)(H,24,27,30)/t15-,18?,20-,21?,36?/m0/s1. The molecule has 1 aromatic carbocycles. The van der Waals surface area contributed by atoms with E-state index in [9.17, 15) is 24.1 Å². The maximum Gasteiger partial charge on any atom is 0.459 e. The van der Waals surface area contributed by atoms with Crippen molar-refractivity contribution in [3.8, 4) is 5.75 Å². The molecule has 1 aliphatic heterocycles. The third-order valence-electron chi connectivity index (χ3n) is 5.15. The number of aromatic nitrogens is 2. The average Bonchev–Trinajstić information content (AvgIpc) is 3.12. The summed E-state index contributed by atoms with van der Waals surface area (Å²) < 4.78 is 36.9. The number of hydrogen-bond donors (Lipinski definition) is 3. The van der Waals surface area contributed by atoms with Crippen LogP contribution in [-0.4, -0.2) is 51.6 Å². The van der Waals surface area contributed by atoms with Gasteiger partial charge in [0, 0.05) is 17.8 Å². The number of ether oxygens (including phenoxy) is 2. The number of para-hydroxylation sites is 1. The quantitative estimate of drug-likeness (QED) is 0.238. The summed E-state index contributed by atoms with van der Waals surface area (Å²) in [6.45, 7) is 6.05. The number of hydrogen-bond acceptors (Lipinski definition) is 9. The van der Waals surface area contributed by atoms with Crippen LogP contribution in [0, 0.1) is 0 Å². The average molecular weight is 523 g/mol. The molecular weight excluding hydrogens is 493 g/mol. The number of esters is 1. The van der Waals surface area contributed by atoms with E-state index in [2.05, 4.69) is 10.1 Å². The fourth-order valence-electron chi connectivity index (χ4n) is 3.47. The Morgan fingerprint density at radius 3 is 2.56 bits per heavy atom. The summed E-state index contributed by atoms with van der Waals surface area (Å²) in [6.07, 6.45) is -0.843. The van der Waals surface area contributed by atoms with E-state index in [1.165, 1.54) is 13.1 Å². The molecule has 3 rings (SSSR count). The summed E-state index contributed by atoms with van der Waals surface area (Å²) in [4.78, 5) is 38.1. The predicted octanol–water partition coefficient (Wildman–Crippen LogP) is 1.87. The van der Waals surface area contributed by atoms with Gasteiger partial charge in [0.05, 0.1) is 12.7 Å². The highest BCUT2D eigenvalue weighted by atomic mass is 31.2. The Morgan fingerprint density at radius 1 is 1.25 bits per heavy atom. The van der Waals surface area contributed by atoms with Gasteiger partial charge in [0.1, 0.15) is 24.0 Å². The summed E-state index contributed by atoms with van der Waals surface area (Å²) in [5, 5.41) is 13.4. The molecule has 0 bridgehead atoms. The number of H-pyrrole nitrogens is 1. The number of nitrogens with zero attached hydrogens (tertiary/aromatic N) is 1. The second kappa shape index (κ2) is 11.8. The highest BCUT2D eigenvalue weighted by Gasteiger charge is 2.42. The number of allylic oxidation sites excluding steroid dienone is 1. The molecule has 1 saturated heterocycles. The van der Waals surface area contributed by atoms with Crippen LogP contribution in [0.5, 0.6) is 5.75 Å². The first-order valence-electron chi connectivity index (χ1n) is 11.3. The molecule has 0 amide bonds. The van der Waals surface area contributed by atoms with Crippen LogP contribution in [0.1, 0.15) is 33.9 Å². The van der Waals surface area contributed by atoms with Crippen LogP contribution in [0.3, 0.4) is 0 Å². The summed E-state index contributed by atoms with van der Waals surface area (Å²) in [5.74, 6) is -0.436. The zero-order chi connectivity index (χ0) is 26.5. The Hall–Kier alpha value is -3.02. The highest BCUT2D eigenvalue weighted by molar-refractivity contribution is 7.52. The van der Waals surface area contributed by atoms with E-state index < -0.39 is 56.0 Å². The lowest BCUT2D eigenvalue weighted by atomic mass is 10.1. The van der Waals surface area contributed by atoms with Crippen LogP contribution in [-0.2, 0) is 23.4 Å². The minimum Gasteiger partial charge on any atom is -0.462 e. The molecular formula is C23H30N3O9P. The van der Waals surface area contributed by atoms with Crippen molar-refractivity contribution in [1.82, 2.24) is 14.6 Å². The van der Waals surface area contributed by atoms with E-state index in [0.29, 0.717) is 5.57 Å². The van der Waals surface area contributed by atoms with Crippen molar-refractivity contribution in [3.05, 3.63) is 75.1 Å². The lowest BCUT2D eigenvalue weighted by Gasteiger charge is -2.25.